The molecule has 2 aromatic carbocycles. The third kappa shape index (κ3) is 2.86. The maximum absolute atomic E-state index is 6.74. The lowest BCUT2D eigenvalue weighted by Crippen LogP contribution is -2.40. The smallest absolute Gasteiger partial charge is 0.0406 e. The molecular formula is C19H22ClN. The van der Waals surface area contributed by atoms with Gasteiger partial charge in [0.15, 0.2) is 0 Å². The quantitative estimate of drug-likeness (QED) is 0.824. The fraction of sp³-hybridized carbons (Fsp3) is 0.368. The number of nitrogens with two attached hydrogens (primary N) is 1. The van der Waals surface area contributed by atoms with Gasteiger partial charge < -0.3 is 5.73 Å². The Kier molecular flexibility index (Phi) is 4.32. The molecule has 0 saturated heterocycles. The molecule has 1 unspecified atom stereocenters. The molecule has 0 radical (unpaired) electrons. The first kappa shape index (κ1) is 14.6. The van der Waals surface area contributed by atoms with Crippen LogP contribution in [0.1, 0.15) is 49.3 Å². The number of halogens is 1. The summed E-state index contributed by atoms with van der Waals surface area (Å²) in [6.07, 6.45) is 6.18. The van der Waals surface area contributed by atoms with Gasteiger partial charge in [-0.3, -0.25) is 0 Å². The van der Waals surface area contributed by atoms with Gasteiger partial charge in [0.1, 0.15) is 0 Å². The van der Waals surface area contributed by atoms with Crippen LogP contribution in [0.25, 0.3) is 0 Å². The molecule has 1 aliphatic carbocycles. The topological polar surface area (TPSA) is 26.0 Å². The summed E-state index contributed by atoms with van der Waals surface area (Å²) in [5.74, 6) is 0. The zero-order chi connectivity index (χ0) is 14.7. The third-order valence-electron chi connectivity index (χ3n) is 4.92. The van der Waals surface area contributed by atoms with Gasteiger partial charge in [0.25, 0.3) is 0 Å². The van der Waals surface area contributed by atoms with E-state index in [1.54, 1.807) is 0 Å². The van der Waals surface area contributed by atoms with Crippen molar-refractivity contribution in [3.05, 3.63) is 70.7 Å². The molecule has 1 fully saturated rings. The molecule has 2 aromatic rings. The summed E-state index contributed by atoms with van der Waals surface area (Å²) >= 11 is 6.01. The summed E-state index contributed by atoms with van der Waals surface area (Å²) in [7, 11) is 0. The Bertz CT molecular complexity index is 570. The normalized spacial score (nSPS) is 19.1. The van der Waals surface area contributed by atoms with Crippen LogP contribution in [0.4, 0.5) is 0 Å². The predicted molar refractivity (Wildman–Crippen MR) is 89.6 cm³/mol. The second-order valence-electron chi connectivity index (χ2n) is 6.11. The van der Waals surface area contributed by atoms with Gasteiger partial charge in [-0.05, 0) is 36.1 Å². The van der Waals surface area contributed by atoms with Gasteiger partial charge in [0.2, 0.25) is 0 Å². The second-order valence-corrected chi connectivity index (χ2v) is 6.55. The zero-order valence-corrected chi connectivity index (χ0v) is 13.0. The van der Waals surface area contributed by atoms with E-state index in [1.165, 1.54) is 43.2 Å². The minimum atomic E-state index is 0.0254. The van der Waals surface area contributed by atoms with E-state index in [-0.39, 0.29) is 11.5 Å². The Morgan fingerprint density at radius 2 is 1.48 bits per heavy atom. The largest absolute Gasteiger partial charge is 0.323 e. The van der Waals surface area contributed by atoms with Crippen molar-refractivity contribution in [2.45, 2.75) is 43.6 Å². The first-order chi connectivity index (χ1) is 10.2. The molecule has 0 heterocycles. The van der Waals surface area contributed by atoms with E-state index in [2.05, 4.69) is 42.5 Å². The van der Waals surface area contributed by atoms with E-state index in [0.717, 1.165) is 5.02 Å². The molecule has 1 atom stereocenters. The molecule has 1 saturated carbocycles. The van der Waals surface area contributed by atoms with Crippen molar-refractivity contribution in [1.29, 1.82) is 0 Å². The van der Waals surface area contributed by atoms with E-state index in [0.29, 0.717) is 0 Å². The van der Waals surface area contributed by atoms with Crippen LogP contribution < -0.4 is 5.73 Å². The molecule has 110 valence electrons. The average Bonchev–Trinajstić information content (AvgIpc) is 2.56. The summed E-state index contributed by atoms with van der Waals surface area (Å²) in [6.45, 7) is 0. The van der Waals surface area contributed by atoms with Crippen LogP contribution in [0.15, 0.2) is 54.6 Å². The SMILES string of the molecule is NC(c1ccc(Cl)cc1)C1(c2ccccc2)CCCCC1. The Labute approximate surface area is 132 Å². The van der Waals surface area contributed by atoms with Gasteiger partial charge in [0, 0.05) is 16.5 Å². The monoisotopic (exact) mass is 299 g/mol. The number of hydrogen-bond donors (Lipinski definition) is 1. The number of hydrogen-bond acceptors (Lipinski definition) is 1. The minimum absolute atomic E-state index is 0.0254. The molecule has 3 rings (SSSR count). The van der Waals surface area contributed by atoms with Crippen LogP contribution in [0.2, 0.25) is 5.02 Å². The zero-order valence-electron chi connectivity index (χ0n) is 12.3. The Morgan fingerprint density at radius 1 is 0.857 bits per heavy atom. The number of rotatable bonds is 3. The van der Waals surface area contributed by atoms with Crippen LogP contribution in [-0.2, 0) is 5.41 Å². The van der Waals surface area contributed by atoms with Crippen molar-refractivity contribution >= 4 is 11.6 Å². The van der Waals surface area contributed by atoms with Crippen LogP contribution in [0.5, 0.6) is 0 Å². The number of benzene rings is 2. The lowest BCUT2D eigenvalue weighted by molar-refractivity contribution is 0.244. The first-order valence-corrected chi connectivity index (χ1v) is 8.17. The fourth-order valence-corrected chi connectivity index (χ4v) is 3.85. The summed E-state index contributed by atoms with van der Waals surface area (Å²) in [5.41, 5.74) is 9.37. The van der Waals surface area contributed by atoms with Crippen LogP contribution in [0, 0.1) is 0 Å². The minimum Gasteiger partial charge on any atom is -0.323 e. The van der Waals surface area contributed by atoms with Crippen molar-refractivity contribution in [2.24, 2.45) is 5.73 Å². The highest BCUT2D eigenvalue weighted by atomic mass is 35.5. The van der Waals surface area contributed by atoms with E-state index < -0.39 is 0 Å². The van der Waals surface area contributed by atoms with Gasteiger partial charge in [0.05, 0.1) is 0 Å². The summed E-state index contributed by atoms with van der Waals surface area (Å²) < 4.78 is 0. The molecule has 21 heavy (non-hydrogen) atoms. The fourth-order valence-electron chi connectivity index (χ4n) is 3.72. The van der Waals surface area contributed by atoms with Crippen LogP contribution >= 0.6 is 11.6 Å². The first-order valence-electron chi connectivity index (χ1n) is 7.79. The maximum atomic E-state index is 6.74. The molecule has 1 nitrogen and oxygen atoms in total. The van der Waals surface area contributed by atoms with Crippen molar-refractivity contribution in [1.82, 2.24) is 0 Å². The predicted octanol–water partition coefficient (Wildman–Crippen LogP) is 5.24. The van der Waals surface area contributed by atoms with Gasteiger partial charge in [-0.2, -0.15) is 0 Å². The molecule has 1 aliphatic rings. The van der Waals surface area contributed by atoms with Crippen molar-refractivity contribution in [3.8, 4) is 0 Å². The highest BCUT2D eigenvalue weighted by Crippen LogP contribution is 2.47. The van der Waals surface area contributed by atoms with Gasteiger partial charge in [-0.1, -0.05) is 73.3 Å². The second kappa shape index (κ2) is 6.21. The van der Waals surface area contributed by atoms with Gasteiger partial charge in [-0.15, -0.1) is 0 Å². The Morgan fingerprint density at radius 3 is 2.10 bits per heavy atom. The van der Waals surface area contributed by atoms with Crippen LogP contribution in [-0.4, -0.2) is 0 Å². The van der Waals surface area contributed by atoms with Crippen molar-refractivity contribution < 1.29 is 0 Å². The lowest BCUT2D eigenvalue weighted by Gasteiger charge is -2.43. The highest BCUT2D eigenvalue weighted by molar-refractivity contribution is 6.30. The molecule has 0 aliphatic heterocycles. The van der Waals surface area contributed by atoms with Gasteiger partial charge in [-0.25, -0.2) is 0 Å². The summed E-state index contributed by atoms with van der Waals surface area (Å²) in [6, 6.07) is 18.9. The lowest BCUT2D eigenvalue weighted by atomic mass is 9.63. The van der Waals surface area contributed by atoms with E-state index in [1.807, 2.05) is 12.1 Å². The third-order valence-corrected chi connectivity index (χ3v) is 5.17. The van der Waals surface area contributed by atoms with E-state index >= 15 is 0 Å². The average molecular weight is 300 g/mol. The Hall–Kier alpha value is -1.31. The van der Waals surface area contributed by atoms with Crippen molar-refractivity contribution in [2.75, 3.05) is 0 Å². The molecule has 2 N–H and O–H groups in total. The van der Waals surface area contributed by atoms with Crippen molar-refractivity contribution in [3.63, 3.8) is 0 Å². The summed E-state index contributed by atoms with van der Waals surface area (Å²) in [4.78, 5) is 0. The maximum Gasteiger partial charge on any atom is 0.0406 e. The molecule has 0 aromatic heterocycles. The standard InChI is InChI=1S/C19H22ClN/c20-17-11-9-15(10-12-17)18(21)19(13-5-2-6-14-19)16-7-3-1-4-8-16/h1,3-4,7-12,18H,2,5-6,13-14,21H2. The van der Waals surface area contributed by atoms with E-state index in [9.17, 15) is 0 Å². The molecule has 2 heteroatoms. The highest BCUT2D eigenvalue weighted by Gasteiger charge is 2.40. The molecule has 0 spiro atoms. The van der Waals surface area contributed by atoms with Gasteiger partial charge >= 0.3 is 0 Å². The van der Waals surface area contributed by atoms with Crippen LogP contribution in [0.3, 0.4) is 0 Å². The molecule has 0 amide bonds. The Balaban J connectivity index is 2.01. The molecular weight excluding hydrogens is 278 g/mol. The molecule has 0 bridgehead atoms. The summed E-state index contributed by atoms with van der Waals surface area (Å²) in [5, 5.41) is 0.767. The van der Waals surface area contributed by atoms with E-state index in [4.69, 9.17) is 17.3 Å².